The van der Waals surface area contributed by atoms with Crippen molar-refractivity contribution >= 4 is 7.60 Å². The van der Waals surface area contributed by atoms with Crippen LogP contribution in [-0.4, -0.2) is 13.2 Å². The molecule has 0 saturated heterocycles. The minimum absolute atomic E-state index is 0.291. The van der Waals surface area contributed by atoms with Gasteiger partial charge < -0.3 is 9.05 Å². The number of hydrogen-bond acceptors (Lipinski definition) is 3. The Kier molecular flexibility index (Phi) is 5.96. The Morgan fingerprint density at radius 3 is 2.18 bits per heavy atom. The van der Waals surface area contributed by atoms with Gasteiger partial charge >= 0.3 is 7.60 Å². The summed E-state index contributed by atoms with van der Waals surface area (Å²) < 4.78 is 23.7. The lowest BCUT2D eigenvalue weighted by Gasteiger charge is -2.19. The van der Waals surface area contributed by atoms with Crippen LogP contribution in [0.5, 0.6) is 0 Å². The highest BCUT2D eigenvalue weighted by Gasteiger charge is 2.25. The molecule has 0 aliphatic heterocycles. The zero-order valence-corrected chi connectivity index (χ0v) is 14.3. The fourth-order valence-electron chi connectivity index (χ4n) is 2.45. The van der Waals surface area contributed by atoms with E-state index in [9.17, 15) is 4.57 Å². The van der Waals surface area contributed by atoms with Crippen molar-refractivity contribution in [1.29, 1.82) is 0 Å². The van der Waals surface area contributed by atoms with Crippen LogP contribution in [0, 0.1) is 6.92 Å². The molecule has 4 heteroatoms. The van der Waals surface area contributed by atoms with Gasteiger partial charge in [-0.2, -0.15) is 0 Å². The van der Waals surface area contributed by atoms with Crippen LogP contribution in [0.3, 0.4) is 0 Å². The largest absolute Gasteiger partial charge is 0.335 e. The molecule has 0 saturated carbocycles. The first-order valence-corrected chi connectivity index (χ1v) is 9.34. The van der Waals surface area contributed by atoms with Crippen molar-refractivity contribution in [3.05, 3.63) is 59.7 Å². The van der Waals surface area contributed by atoms with Crippen LogP contribution in [0.25, 0.3) is 11.1 Å². The summed E-state index contributed by atoms with van der Waals surface area (Å²) >= 11 is 0. The van der Waals surface area contributed by atoms with Gasteiger partial charge in [-0.1, -0.05) is 54.1 Å². The molecular weight excluding hydrogens is 295 g/mol. The first kappa shape index (κ1) is 17.0. The summed E-state index contributed by atoms with van der Waals surface area (Å²) in [6.45, 7) is 6.48. The monoisotopic (exact) mass is 318 g/mol. The second-order valence-electron chi connectivity index (χ2n) is 5.13. The van der Waals surface area contributed by atoms with Gasteiger partial charge in [0.05, 0.1) is 19.4 Å². The SMILES string of the molecule is CCOP(=O)(Cc1ccc(C)cc1-c1ccccc1)OCC. The third-order valence-corrected chi connectivity index (χ3v) is 5.40. The van der Waals surface area contributed by atoms with Gasteiger partial charge in [0.15, 0.2) is 0 Å². The van der Waals surface area contributed by atoms with E-state index in [-0.39, 0.29) is 0 Å². The van der Waals surface area contributed by atoms with E-state index in [1.165, 1.54) is 5.56 Å². The average molecular weight is 318 g/mol. The summed E-state index contributed by atoms with van der Waals surface area (Å²) in [7, 11) is -3.10. The van der Waals surface area contributed by atoms with E-state index in [1.807, 2.05) is 44.2 Å². The van der Waals surface area contributed by atoms with Gasteiger partial charge in [0.25, 0.3) is 0 Å². The van der Waals surface area contributed by atoms with Crippen LogP contribution < -0.4 is 0 Å². The molecule has 22 heavy (non-hydrogen) atoms. The predicted molar refractivity (Wildman–Crippen MR) is 91.2 cm³/mol. The molecule has 0 aliphatic carbocycles. The molecule has 0 aromatic heterocycles. The van der Waals surface area contributed by atoms with Gasteiger partial charge in [0, 0.05) is 0 Å². The van der Waals surface area contributed by atoms with Crippen LogP contribution in [0.2, 0.25) is 0 Å². The van der Waals surface area contributed by atoms with Crippen molar-refractivity contribution in [2.24, 2.45) is 0 Å². The van der Waals surface area contributed by atoms with Crippen molar-refractivity contribution in [2.75, 3.05) is 13.2 Å². The van der Waals surface area contributed by atoms with Crippen molar-refractivity contribution in [3.8, 4) is 11.1 Å². The van der Waals surface area contributed by atoms with E-state index in [0.29, 0.717) is 19.4 Å². The zero-order chi connectivity index (χ0) is 16.0. The molecule has 2 aromatic rings. The Morgan fingerprint density at radius 2 is 1.59 bits per heavy atom. The molecule has 0 amide bonds. The maximum atomic E-state index is 12.8. The first-order chi connectivity index (χ1) is 10.6. The molecule has 0 aliphatic rings. The minimum atomic E-state index is -3.10. The standard InChI is InChI=1S/C18H23O3P/c1-4-20-22(19,21-5-2)14-17-12-11-15(3)13-18(17)16-9-7-6-8-10-16/h6-13H,4-5,14H2,1-3H3. The minimum Gasteiger partial charge on any atom is -0.309 e. The number of benzene rings is 2. The summed E-state index contributed by atoms with van der Waals surface area (Å²) in [6, 6.07) is 16.3. The molecule has 0 spiro atoms. The van der Waals surface area contributed by atoms with Gasteiger partial charge in [-0.3, -0.25) is 4.57 Å². The van der Waals surface area contributed by atoms with Crippen molar-refractivity contribution in [2.45, 2.75) is 26.9 Å². The van der Waals surface area contributed by atoms with Crippen LogP contribution in [0.1, 0.15) is 25.0 Å². The molecular formula is C18H23O3P. The molecule has 0 N–H and O–H groups in total. The van der Waals surface area contributed by atoms with Crippen molar-refractivity contribution < 1.29 is 13.6 Å². The lowest BCUT2D eigenvalue weighted by atomic mass is 9.98. The number of rotatable bonds is 7. The fraction of sp³-hybridized carbons (Fsp3) is 0.333. The molecule has 2 aromatic carbocycles. The molecule has 0 radical (unpaired) electrons. The maximum Gasteiger partial charge on any atom is 0.335 e. The molecule has 0 fully saturated rings. The number of hydrogen-bond donors (Lipinski definition) is 0. The zero-order valence-electron chi connectivity index (χ0n) is 13.4. The van der Waals surface area contributed by atoms with E-state index in [0.717, 1.165) is 16.7 Å². The van der Waals surface area contributed by atoms with Crippen LogP contribution >= 0.6 is 7.60 Å². The smallest absolute Gasteiger partial charge is 0.309 e. The summed E-state index contributed by atoms with van der Waals surface area (Å²) in [5.41, 5.74) is 4.35. The second-order valence-corrected chi connectivity index (χ2v) is 7.19. The normalized spacial score (nSPS) is 11.6. The summed E-state index contributed by atoms with van der Waals surface area (Å²) in [4.78, 5) is 0. The average Bonchev–Trinajstić information content (AvgIpc) is 2.50. The highest BCUT2D eigenvalue weighted by atomic mass is 31.2. The molecule has 0 heterocycles. The van der Waals surface area contributed by atoms with E-state index < -0.39 is 7.60 Å². The van der Waals surface area contributed by atoms with E-state index in [2.05, 4.69) is 25.1 Å². The Bertz CT molecular complexity index is 643. The fourth-order valence-corrected chi connectivity index (χ4v) is 4.18. The third kappa shape index (κ3) is 4.30. The highest BCUT2D eigenvalue weighted by Crippen LogP contribution is 2.52. The Hall–Kier alpha value is -1.41. The lowest BCUT2D eigenvalue weighted by Crippen LogP contribution is -2.00. The van der Waals surface area contributed by atoms with Crippen LogP contribution in [0.4, 0.5) is 0 Å². The molecule has 0 atom stereocenters. The van der Waals surface area contributed by atoms with Crippen molar-refractivity contribution in [1.82, 2.24) is 0 Å². The van der Waals surface area contributed by atoms with Gasteiger partial charge in [-0.25, -0.2) is 0 Å². The summed E-state index contributed by atoms with van der Waals surface area (Å²) in [6.07, 6.45) is 0.291. The predicted octanol–water partition coefficient (Wildman–Crippen LogP) is 5.43. The van der Waals surface area contributed by atoms with Gasteiger partial charge in [0.2, 0.25) is 0 Å². The van der Waals surface area contributed by atoms with Gasteiger partial charge in [-0.15, -0.1) is 0 Å². The molecule has 118 valence electrons. The van der Waals surface area contributed by atoms with E-state index in [4.69, 9.17) is 9.05 Å². The van der Waals surface area contributed by atoms with E-state index >= 15 is 0 Å². The number of aryl methyl sites for hydroxylation is 1. The Balaban J connectivity index is 2.41. The third-order valence-electron chi connectivity index (χ3n) is 3.37. The molecule has 0 bridgehead atoms. The lowest BCUT2D eigenvalue weighted by molar-refractivity contribution is 0.219. The van der Waals surface area contributed by atoms with Crippen LogP contribution in [0.15, 0.2) is 48.5 Å². The van der Waals surface area contributed by atoms with Gasteiger partial charge in [0.1, 0.15) is 0 Å². The second kappa shape index (κ2) is 7.73. The molecule has 2 rings (SSSR count). The Morgan fingerprint density at radius 1 is 0.955 bits per heavy atom. The molecule has 3 nitrogen and oxygen atoms in total. The Labute approximate surface area is 132 Å². The quantitative estimate of drug-likeness (QED) is 0.639. The topological polar surface area (TPSA) is 35.5 Å². The van der Waals surface area contributed by atoms with Crippen molar-refractivity contribution in [3.63, 3.8) is 0 Å². The first-order valence-electron chi connectivity index (χ1n) is 7.61. The highest BCUT2D eigenvalue weighted by molar-refractivity contribution is 7.53. The summed E-state index contributed by atoms with van der Waals surface area (Å²) in [5, 5.41) is 0. The van der Waals surface area contributed by atoms with E-state index in [1.54, 1.807) is 0 Å². The van der Waals surface area contributed by atoms with Crippen LogP contribution in [-0.2, 0) is 19.8 Å². The molecule has 0 unspecified atom stereocenters. The van der Waals surface area contributed by atoms with Gasteiger partial charge in [-0.05, 0) is 37.5 Å². The summed E-state index contributed by atoms with van der Waals surface area (Å²) in [5.74, 6) is 0. The maximum absolute atomic E-state index is 12.8.